The Morgan fingerprint density at radius 3 is 2.37 bits per heavy atom. The molecular weight excluding hydrogens is 236 g/mol. The molecule has 0 fully saturated rings. The van der Waals surface area contributed by atoms with Gasteiger partial charge in [0.2, 0.25) is 5.91 Å². The van der Waals surface area contributed by atoms with Gasteiger partial charge in [-0.05, 0) is 23.9 Å². The van der Waals surface area contributed by atoms with E-state index in [9.17, 15) is 4.79 Å². The zero-order valence-corrected chi connectivity index (χ0v) is 12.2. The summed E-state index contributed by atoms with van der Waals surface area (Å²) in [5.74, 6) is 0.743. The summed E-state index contributed by atoms with van der Waals surface area (Å²) in [5.41, 5.74) is 6.81. The Labute approximate surface area is 116 Å². The summed E-state index contributed by atoms with van der Waals surface area (Å²) in [5, 5.41) is 3.14. The van der Waals surface area contributed by atoms with E-state index in [0.717, 1.165) is 12.0 Å². The van der Waals surface area contributed by atoms with E-state index >= 15 is 0 Å². The number of benzene rings is 1. The lowest BCUT2D eigenvalue weighted by atomic mass is 9.95. The number of hydrogen-bond acceptors (Lipinski definition) is 2. The summed E-state index contributed by atoms with van der Waals surface area (Å²) in [6, 6.07) is 10.2. The minimum Gasteiger partial charge on any atom is -0.349 e. The van der Waals surface area contributed by atoms with Crippen molar-refractivity contribution in [2.75, 3.05) is 6.54 Å². The molecule has 3 heteroatoms. The van der Waals surface area contributed by atoms with Gasteiger partial charge < -0.3 is 11.1 Å². The largest absolute Gasteiger partial charge is 0.349 e. The second-order valence-electron chi connectivity index (χ2n) is 5.41. The fourth-order valence-corrected chi connectivity index (χ4v) is 2.18. The topological polar surface area (TPSA) is 55.1 Å². The van der Waals surface area contributed by atoms with Gasteiger partial charge >= 0.3 is 0 Å². The number of rotatable bonds is 7. The van der Waals surface area contributed by atoms with Gasteiger partial charge in [0.1, 0.15) is 0 Å². The molecule has 1 aromatic rings. The van der Waals surface area contributed by atoms with Crippen LogP contribution in [0.5, 0.6) is 0 Å². The molecule has 0 aliphatic rings. The zero-order chi connectivity index (χ0) is 14.3. The number of nitrogens with two attached hydrogens (primary N) is 1. The van der Waals surface area contributed by atoms with Crippen molar-refractivity contribution in [2.45, 2.75) is 39.7 Å². The van der Waals surface area contributed by atoms with Gasteiger partial charge in [0.25, 0.3) is 0 Å². The molecule has 0 saturated heterocycles. The molecule has 0 radical (unpaired) electrons. The zero-order valence-electron chi connectivity index (χ0n) is 12.2. The predicted molar refractivity (Wildman–Crippen MR) is 79.6 cm³/mol. The first-order valence-electron chi connectivity index (χ1n) is 7.12. The van der Waals surface area contributed by atoms with E-state index in [-0.39, 0.29) is 17.9 Å². The maximum Gasteiger partial charge on any atom is 0.220 e. The van der Waals surface area contributed by atoms with E-state index in [0.29, 0.717) is 18.9 Å². The molecule has 1 rings (SSSR count). The molecule has 0 aliphatic heterocycles. The van der Waals surface area contributed by atoms with Crippen molar-refractivity contribution in [2.24, 2.45) is 17.6 Å². The van der Waals surface area contributed by atoms with Crippen molar-refractivity contribution in [3.63, 3.8) is 0 Å². The highest BCUT2D eigenvalue weighted by atomic mass is 16.1. The number of carbonyl (C=O) groups excluding carboxylic acids is 1. The summed E-state index contributed by atoms with van der Waals surface area (Å²) in [6.07, 6.45) is 1.46. The Morgan fingerprint density at radius 1 is 1.26 bits per heavy atom. The second-order valence-corrected chi connectivity index (χ2v) is 5.41. The molecule has 3 nitrogen and oxygen atoms in total. The van der Waals surface area contributed by atoms with Gasteiger partial charge in [-0.15, -0.1) is 0 Å². The number of nitrogens with one attached hydrogen (secondary N) is 1. The van der Waals surface area contributed by atoms with Crippen molar-refractivity contribution in [1.82, 2.24) is 5.32 Å². The highest BCUT2D eigenvalue weighted by Gasteiger charge is 2.19. The molecule has 106 valence electrons. The van der Waals surface area contributed by atoms with Gasteiger partial charge in [-0.1, -0.05) is 57.5 Å². The molecule has 0 bridgehead atoms. The Kier molecular flexibility index (Phi) is 6.57. The van der Waals surface area contributed by atoms with Gasteiger partial charge in [0, 0.05) is 6.42 Å². The Morgan fingerprint density at radius 2 is 1.89 bits per heavy atom. The van der Waals surface area contributed by atoms with E-state index in [1.807, 2.05) is 18.2 Å². The molecule has 0 heterocycles. The van der Waals surface area contributed by atoms with E-state index in [1.54, 1.807) is 0 Å². The predicted octanol–water partition coefficient (Wildman–Crippen LogP) is 2.87. The first-order valence-corrected chi connectivity index (χ1v) is 7.12. The average Bonchev–Trinajstić information content (AvgIpc) is 2.42. The summed E-state index contributed by atoms with van der Waals surface area (Å²) >= 11 is 0. The lowest BCUT2D eigenvalue weighted by Gasteiger charge is -2.24. The van der Waals surface area contributed by atoms with Gasteiger partial charge in [0.15, 0.2) is 0 Å². The monoisotopic (exact) mass is 262 g/mol. The fourth-order valence-electron chi connectivity index (χ4n) is 2.18. The molecule has 1 amide bonds. The normalized spacial score (nSPS) is 14.2. The van der Waals surface area contributed by atoms with Crippen LogP contribution >= 0.6 is 0 Å². The first-order chi connectivity index (χ1) is 9.08. The van der Waals surface area contributed by atoms with Crippen LogP contribution in [-0.2, 0) is 4.79 Å². The van der Waals surface area contributed by atoms with E-state index in [4.69, 9.17) is 5.73 Å². The van der Waals surface area contributed by atoms with Gasteiger partial charge in [-0.2, -0.15) is 0 Å². The number of hydrogen-bond donors (Lipinski definition) is 2. The standard InChI is InChI=1S/C16H26N2O/c1-4-13(11-17)10-15(19)18-16(12(2)3)14-8-6-5-7-9-14/h5-9,12-13,16H,4,10-11,17H2,1-3H3,(H,18,19). The van der Waals surface area contributed by atoms with E-state index in [1.165, 1.54) is 0 Å². The van der Waals surface area contributed by atoms with Crippen molar-refractivity contribution in [1.29, 1.82) is 0 Å². The average molecular weight is 262 g/mol. The third-order valence-electron chi connectivity index (χ3n) is 3.53. The Bertz CT molecular complexity index is 372. The molecule has 2 atom stereocenters. The second kappa shape index (κ2) is 7.95. The number of amides is 1. The summed E-state index contributed by atoms with van der Waals surface area (Å²) < 4.78 is 0. The van der Waals surface area contributed by atoms with Crippen LogP contribution in [0.15, 0.2) is 30.3 Å². The van der Waals surface area contributed by atoms with Crippen molar-refractivity contribution >= 4 is 5.91 Å². The molecule has 2 unspecified atom stereocenters. The molecule has 3 N–H and O–H groups in total. The van der Waals surface area contributed by atoms with Crippen LogP contribution in [-0.4, -0.2) is 12.5 Å². The van der Waals surface area contributed by atoms with E-state index in [2.05, 4.69) is 38.2 Å². The maximum absolute atomic E-state index is 12.1. The van der Waals surface area contributed by atoms with Crippen molar-refractivity contribution in [3.8, 4) is 0 Å². The smallest absolute Gasteiger partial charge is 0.220 e. The quantitative estimate of drug-likeness (QED) is 0.794. The molecule has 0 spiro atoms. The van der Waals surface area contributed by atoms with Gasteiger partial charge in [0.05, 0.1) is 6.04 Å². The van der Waals surface area contributed by atoms with Crippen LogP contribution < -0.4 is 11.1 Å². The first kappa shape index (κ1) is 15.7. The summed E-state index contributed by atoms with van der Waals surface area (Å²) in [6.45, 7) is 6.89. The third-order valence-corrected chi connectivity index (χ3v) is 3.53. The van der Waals surface area contributed by atoms with Gasteiger partial charge in [-0.3, -0.25) is 4.79 Å². The van der Waals surface area contributed by atoms with Crippen LogP contribution in [0.4, 0.5) is 0 Å². The van der Waals surface area contributed by atoms with Crippen molar-refractivity contribution in [3.05, 3.63) is 35.9 Å². The van der Waals surface area contributed by atoms with Crippen LogP contribution in [0.25, 0.3) is 0 Å². The lowest BCUT2D eigenvalue weighted by molar-refractivity contribution is -0.123. The Balaban J connectivity index is 2.67. The highest BCUT2D eigenvalue weighted by Crippen LogP contribution is 2.21. The molecule has 1 aromatic carbocycles. The SMILES string of the molecule is CCC(CN)CC(=O)NC(c1ccccc1)C(C)C. The molecule has 0 aromatic heterocycles. The molecule has 19 heavy (non-hydrogen) atoms. The minimum atomic E-state index is 0.0731. The molecule has 0 saturated carbocycles. The van der Waals surface area contributed by atoms with Crippen LogP contribution in [0.2, 0.25) is 0 Å². The third kappa shape index (κ3) is 5.03. The maximum atomic E-state index is 12.1. The minimum absolute atomic E-state index is 0.0731. The Hall–Kier alpha value is -1.35. The molecular formula is C16H26N2O. The van der Waals surface area contributed by atoms with Gasteiger partial charge in [-0.25, -0.2) is 0 Å². The fraction of sp³-hybridized carbons (Fsp3) is 0.562. The summed E-state index contributed by atoms with van der Waals surface area (Å²) in [7, 11) is 0. The van der Waals surface area contributed by atoms with E-state index < -0.39 is 0 Å². The van der Waals surface area contributed by atoms with Crippen LogP contribution in [0.3, 0.4) is 0 Å². The molecule has 0 aliphatic carbocycles. The number of carbonyl (C=O) groups is 1. The van der Waals surface area contributed by atoms with Crippen LogP contribution in [0.1, 0.15) is 45.2 Å². The highest BCUT2D eigenvalue weighted by molar-refractivity contribution is 5.76. The lowest BCUT2D eigenvalue weighted by Crippen LogP contribution is -2.33. The van der Waals surface area contributed by atoms with Crippen molar-refractivity contribution < 1.29 is 4.79 Å². The van der Waals surface area contributed by atoms with Crippen LogP contribution in [0, 0.1) is 11.8 Å². The summed E-state index contributed by atoms with van der Waals surface area (Å²) in [4.78, 5) is 12.1.